The Morgan fingerprint density at radius 1 is 1.50 bits per heavy atom. The summed E-state index contributed by atoms with van der Waals surface area (Å²) < 4.78 is 1.93. The largest absolute Gasteiger partial charge is 0.334 e. The zero-order valence-corrected chi connectivity index (χ0v) is 14.0. The van der Waals surface area contributed by atoms with Crippen LogP contribution in [0.2, 0.25) is 0 Å². The number of rotatable bonds is 4. The molecule has 0 atom stereocenters. The first-order valence-corrected chi connectivity index (χ1v) is 8.47. The van der Waals surface area contributed by atoms with Crippen LogP contribution in [-0.2, 0) is 0 Å². The number of halogens is 3. The number of hydrogen-bond acceptors (Lipinski definition) is 2. The van der Waals surface area contributed by atoms with Crippen molar-refractivity contribution in [3.05, 3.63) is 19.2 Å². The standard InChI is InChI=1S/C10H10Br3NOS/c11-3-4-14(6-1-2-6)10(15)8-5-7(12)9(13)16-8/h5-6H,1-4H2. The maximum atomic E-state index is 12.3. The third-order valence-corrected chi connectivity index (χ3v) is 6.03. The van der Waals surface area contributed by atoms with Gasteiger partial charge in [-0.05, 0) is 50.8 Å². The molecule has 88 valence electrons. The lowest BCUT2D eigenvalue weighted by molar-refractivity contribution is 0.0759. The van der Waals surface area contributed by atoms with E-state index in [0.717, 1.165) is 37.9 Å². The molecule has 1 heterocycles. The Labute approximate surface area is 124 Å². The van der Waals surface area contributed by atoms with Crippen LogP contribution in [-0.4, -0.2) is 28.7 Å². The molecule has 1 amide bonds. The molecular weight excluding hydrogens is 422 g/mol. The molecule has 0 radical (unpaired) electrons. The van der Waals surface area contributed by atoms with E-state index in [4.69, 9.17) is 0 Å². The predicted molar refractivity (Wildman–Crippen MR) is 77.6 cm³/mol. The van der Waals surface area contributed by atoms with Crippen LogP contribution in [0.5, 0.6) is 0 Å². The molecule has 2 nitrogen and oxygen atoms in total. The van der Waals surface area contributed by atoms with Crippen molar-refractivity contribution in [1.29, 1.82) is 0 Å². The Morgan fingerprint density at radius 3 is 2.62 bits per heavy atom. The molecule has 0 unspecified atom stereocenters. The highest BCUT2D eigenvalue weighted by atomic mass is 79.9. The van der Waals surface area contributed by atoms with Gasteiger partial charge in [-0.3, -0.25) is 4.79 Å². The highest BCUT2D eigenvalue weighted by Gasteiger charge is 2.33. The summed E-state index contributed by atoms with van der Waals surface area (Å²) in [6, 6.07) is 2.35. The number of alkyl halides is 1. The highest BCUT2D eigenvalue weighted by Crippen LogP contribution is 2.35. The Bertz CT molecular complexity index is 383. The SMILES string of the molecule is O=C(c1cc(Br)c(Br)s1)N(CCBr)C1CC1. The van der Waals surface area contributed by atoms with Gasteiger partial charge in [-0.15, -0.1) is 11.3 Å². The Kier molecular flexibility index (Phi) is 4.49. The highest BCUT2D eigenvalue weighted by molar-refractivity contribution is 9.13. The monoisotopic (exact) mass is 429 g/mol. The second-order valence-corrected chi connectivity index (χ2v) is 7.67. The van der Waals surface area contributed by atoms with Crippen molar-refractivity contribution in [1.82, 2.24) is 4.90 Å². The maximum absolute atomic E-state index is 12.3. The molecule has 0 aromatic carbocycles. The fourth-order valence-electron chi connectivity index (χ4n) is 1.52. The summed E-state index contributed by atoms with van der Waals surface area (Å²) in [5, 5.41) is 0.836. The van der Waals surface area contributed by atoms with E-state index in [-0.39, 0.29) is 5.91 Å². The predicted octanol–water partition coefficient (Wildman–Crippen LogP) is 4.27. The molecule has 0 saturated heterocycles. The molecule has 0 spiro atoms. The van der Waals surface area contributed by atoms with Crippen LogP contribution in [0.1, 0.15) is 22.5 Å². The lowest BCUT2D eigenvalue weighted by Gasteiger charge is -2.20. The first-order valence-electron chi connectivity index (χ1n) is 4.95. The molecule has 1 aliphatic carbocycles. The van der Waals surface area contributed by atoms with Gasteiger partial charge in [-0.25, -0.2) is 0 Å². The number of carbonyl (C=O) groups excluding carboxylic acids is 1. The molecule has 1 aliphatic rings. The summed E-state index contributed by atoms with van der Waals surface area (Å²) in [5.41, 5.74) is 0. The Balaban J connectivity index is 2.15. The van der Waals surface area contributed by atoms with E-state index in [0.29, 0.717) is 6.04 Å². The van der Waals surface area contributed by atoms with Gasteiger partial charge in [0.05, 0.1) is 8.66 Å². The van der Waals surface area contributed by atoms with Gasteiger partial charge in [0.2, 0.25) is 0 Å². The van der Waals surface area contributed by atoms with Crippen molar-refractivity contribution in [2.75, 3.05) is 11.9 Å². The van der Waals surface area contributed by atoms with E-state index in [1.54, 1.807) is 0 Å². The van der Waals surface area contributed by atoms with Crippen molar-refractivity contribution in [2.45, 2.75) is 18.9 Å². The molecule has 0 N–H and O–H groups in total. The van der Waals surface area contributed by atoms with Crippen LogP contribution in [0.3, 0.4) is 0 Å². The second-order valence-electron chi connectivity index (χ2n) is 3.65. The zero-order chi connectivity index (χ0) is 11.7. The summed E-state index contributed by atoms with van der Waals surface area (Å²) >= 11 is 11.7. The van der Waals surface area contributed by atoms with Gasteiger partial charge in [0.15, 0.2) is 0 Å². The van der Waals surface area contributed by atoms with Crippen LogP contribution in [0.4, 0.5) is 0 Å². The number of thiophene rings is 1. The third kappa shape index (κ3) is 2.89. The van der Waals surface area contributed by atoms with Crippen molar-refractivity contribution in [3.8, 4) is 0 Å². The number of amides is 1. The molecule has 1 saturated carbocycles. The minimum atomic E-state index is 0.151. The summed E-state index contributed by atoms with van der Waals surface area (Å²) in [4.78, 5) is 15.0. The van der Waals surface area contributed by atoms with Gasteiger partial charge in [0, 0.05) is 22.4 Å². The van der Waals surface area contributed by atoms with Crippen molar-refractivity contribution < 1.29 is 4.79 Å². The normalized spacial score (nSPS) is 15.2. The summed E-state index contributed by atoms with van der Waals surface area (Å²) in [7, 11) is 0. The van der Waals surface area contributed by atoms with E-state index in [1.807, 2.05) is 11.0 Å². The van der Waals surface area contributed by atoms with E-state index in [2.05, 4.69) is 47.8 Å². The van der Waals surface area contributed by atoms with Crippen LogP contribution < -0.4 is 0 Å². The minimum Gasteiger partial charge on any atom is -0.334 e. The van der Waals surface area contributed by atoms with Gasteiger partial charge in [-0.2, -0.15) is 0 Å². The average molecular weight is 432 g/mol. The molecule has 1 aromatic rings. The number of nitrogens with zero attached hydrogens (tertiary/aromatic N) is 1. The lowest BCUT2D eigenvalue weighted by Crippen LogP contribution is -2.34. The molecule has 16 heavy (non-hydrogen) atoms. The fourth-order valence-corrected chi connectivity index (χ4v) is 3.89. The maximum Gasteiger partial charge on any atom is 0.264 e. The van der Waals surface area contributed by atoms with E-state index in [9.17, 15) is 4.79 Å². The Hall–Kier alpha value is 0.610. The third-order valence-electron chi connectivity index (χ3n) is 2.43. The smallest absolute Gasteiger partial charge is 0.264 e. The van der Waals surface area contributed by atoms with Gasteiger partial charge >= 0.3 is 0 Å². The van der Waals surface area contributed by atoms with Crippen LogP contribution in [0.25, 0.3) is 0 Å². The fraction of sp³-hybridized carbons (Fsp3) is 0.500. The van der Waals surface area contributed by atoms with E-state index >= 15 is 0 Å². The van der Waals surface area contributed by atoms with Crippen molar-refractivity contribution >= 4 is 65.0 Å². The zero-order valence-electron chi connectivity index (χ0n) is 8.38. The first kappa shape index (κ1) is 13.1. The molecule has 1 aromatic heterocycles. The van der Waals surface area contributed by atoms with Crippen LogP contribution >= 0.6 is 59.1 Å². The van der Waals surface area contributed by atoms with E-state index < -0.39 is 0 Å². The van der Waals surface area contributed by atoms with Gasteiger partial charge in [-0.1, -0.05) is 15.9 Å². The Morgan fingerprint density at radius 2 is 2.19 bits per heavy atom. The van der Waals surface area contributed by atoms with Gasteiger partial charge in [0.1, 0.15) is 0 Å². The molecule has 6 heteroatoms. The second kappa shape index (κ2) is 5.50. The summed E-state index contributed by atoms with van der Waals surface area (Å²) in [6.07, 6.45) is 2.29. The lowest BCUT2D eigenvalue weighted by atomic mass is 10.4. The number of hydrogen-bond donors (Lipinski definition) is 0. The summed E-state index contributed by atoms with van der Waals surface area (Å²) in [6.45, 7) is 0.788. The average Bonchev–Trinajstić information content (AvgIpc) is 3.02. The molecular formula is C10H10Br3NOS. The quantitative estimate of drug-likeness (QED) is 0.652. The van der Waals surface area contributed by atoms with Crippen LogP contribution in [0.15, 0.2) is 14.3 Å². The summed E-state index contributed by atoms with van der Waals surface area (Å²) in [5.74, 6) is 0.151. The van der Waals surface area contributed by atoms with Crippen molar-refractivity contribution in [3.63, 3.8) is 0 Å². The molecule has 2 rings (SSSR count). The van der Waals surface area contributed by atoms with E-state index in [1.165, 1.54) is 11.3 Å². The molecule has 0 bridgehead atoms. The number of carbonyl (C=O) groups is 1. The molecule has 0 aliphatic heterocycles. The first-order chi connectivity index (χ1) is 7.63. The van der Waals surface area contributed by atoms with Gasteiger partial charge in [0.25, 0.3) is 5.91 Å². The minimum absolute atomic E-state index is 0.151. The van der Waals surface area contributed by atoms with Gasteiger partial charge < -0.3 is 4.90 Å². The topological polar surface area (TPSA) is 20.3 Å². The van der Waals surface area contributed by atoms with Crippen LogP contribution in [0, 0.1) is 0 Å². The van der Waals surface area contributed by atoms with Crippen molar-refractivity contribution in [2.24, 2.45) is 0 Å². The molecule has 1 fully saturated rings.